The van der Waals surface area contributed by atoms with Gasteiger partial charge in [0.25, 0.3) is 0 Å². The van der Waals surface area contributed by atoms with Gasteiger partial charge < -0.3 is 10.2 Å². The molecule has 2 aliphatic rings. The number of nitrogens with zero attached hydrogens (tertiary/aromatic N) is 1. The van der Waals surface area contributed by atoms with E-state index in [9.17, 15) is 0 Å². The third-order valence-electron chi connectivity index (χ3n) is 22.0. The quantitative estimate of drug-likeness (QED) is 0.155. The molecule has 0 heterocycles. The summed E-state index contributed by atoms with van der Waals surface area (Å²) in [5, 5.41) is 19.0. The number of hydrogen-bond acceptors (Lipinski definition) is 2. The topological polar surface area (TPSA) is 15.3 Å². The fourth-order valence-corrected chi connectivity index (χ4v) is 16.9. The van der Waals surface area contributed by atoms with E-state index in [0.29, 0.717) is 0 Å². The summed E-state index contributed by atoms with van der Waals surface area (Å²) in [7, 11) is 1.25. The van der Waals surface area contributed by atoms with E-state index in [1.54, 1.807) is 0 Å². The van der Waals surface area contributed by atoms with Crippen molar-refractivity contribution in [1.82, 2.24) is 0 Å². The number of fused-ring (bicyclic) bond motifs is 12. The maximum Gasteiger partial charge on any atom is 0.0546 e. The van der Waals surface area contributed by atoms with Crippen LogP contribution >= 0.6 is 15.9 Å². The summed E-state index contributed by atoms with van der Waals surface area (Å²) in [6.45, 7) is 9.44. The number of benzene rings is 18. The molecule has 0 bridgehead atoms. The number of nitrogens with one attached hydrogen (secondary N) is 1. The zero-order valence-corrected chi connectivity index (χ0v) is 61.7. The molecule has 3 heteroatoms. The fourth-order valence-electron chi connectivity index (χ4n) is 16.7. The lowest BCUT2D eigenvalue weighted by molar-refractivity contribution is 0.661. The van der Waals surface area contributed by atoms with E-state index in [2.05, 4.69) is 424 Å². The summed E-state index contributed by atoms with van der Waals surface area (Å²) in [5.41, 5.74) is 26.2. The molecule has 18 aromatic rings. The van der Waals surface area contributed by atoms with Crippen molar-refractivity contribution in [3.8, 4) is 66.8 Å². The molecule has 2 nitrogen and oxygen atoms in total. The molecule has 0 aromatic heterocycles. The van der Waals surface area contributed by atoms with Gasteiger partial charge in [-0.05, 0) is 227 Å². The Morgan fingerprint density at radius 2 is 0.660 bits per heavy atom. The standard InChI is InChI=1S/C51H37N.C39H29N.C12H9Br.CH4.H2/c1-51(2)47-29-28-41(33-46(47)45-31-38-17-6-7-18-39(38)32-48(45)51)52(40-26-23-35(24-27-40)34-13-4-3-5-14-34)49-30-25-37-16-9-11-21-43(37)50(49)44-22-12-19-36-15-8-10-20-42(36)44;1-39(2)35-20-19-29(24-34(35)33-22-27-12-3-4-13-28(27)23-36(33)39)40-37-21-18-26-11-6-8-16-31(26)38(37)32-17-9-14-25-10-5-7-15-30(25)32;13-12-8-6-11(7-9-12)10-4-2-1-3-5-10;;/h3-33H,1-2H3;3-24,40H,1-2H3;1-9H;1H4;1H/i;;;1T;1+2T. The summed E-state index contributed by atoms with van der Waals surface area (Å²) in [4.78, 5) is 2.48. The van der Waals surface area contributed by atoms with Crippen molar-refractivity contribution in [2.24, 2.45) is 0 Å². The van der Waals surface area contributed by atoms with Crippen LogP contribution in [0, 0.1) is 0 Å². The predicted molar refractivity (Wildman–Crippen MR) is 462 cm³/mol. The third-order valence-corrected chi connectivity index (χ3v) is 22.5. The molecule has 106 heavy (non-hydrogen) atoms. The molecule has 0 amide bonds. The van der Waals surface area contributed by atoms with Crippen LogP contribution in [-0.2, 0) is 10.8 Å². The average molecular weight is 1430 g/mol. The Balaban J connectivity index is 0.000000140. The maximum atomic E-state index is 5.75. The Hall–Kier alpha value is -12.4. The zero-order valence-electron chi connectivity index (χ0n) is 63.1. The Bertz CT molecular complexity index is 6380. The largest absolute Gasteiger partial charge is 0.355 e. The van der Waals surface area contributed by atoms with Gasteiger partial charge in [-0.1, -0.05) is 342 Å². The Morgan fingerprint density at radius 3 is 1.18 bits per heavy atom. The van der Waals surface area contributed by atoms with E-state index in [-0.39, 0.29) is 10.8 Å². The molecule has 0 saturated carbocycles. The van der Waals surface area contributed by atoms with Crippen LogP contribution in [0.4, 0.5) is 28.4 Å². The lowest BCUT2D eigenvalue weighted by atomic mass is 9.82. The Kier molecular flexibility index (Phi) is 16.8. The molecule has 510 valence electrons. The minimum Gasteiger partial charge on any atom is -0.355 e. The Labute approximate surface area is 634 Å². The summed E-state index contributed by atoms with van der Waals surface area (Å²) >= 11 is 3.42. The maximum absolute atomic E-state index is 5.75. The first-order valence-corrected chi connectivity index (χ1v) is 37.2. The van der Waals surface area contributed by atoms with Crippen molar-refractivity contribution in [3.63, 3.8) is 0 Å². The van der Waals surface area contributed by atoms with Crippen molar-refractivity contribution < 1.29 is 4.34 Å². The SMILES string of the molecule is Brc1ccc(-c2ccccc2)cc1.CC1(C)c2ccc(N(c3ccc(-c4ccccc4)cc3)c3ccc4ccccc4c3-c3cccc4ccccc34)cc2-c2cc3ccccc3cc21.CC1(C)c2ccc(Nc3ccc4ccccc4c3-c3cccc4ccccc34)cc2-c2cc3ccccc3cc21.[3H]C.[3H][3H]. The van der Waals surface area contributed by atoms with E-state index in [1.807, 2.05) is 6.07 Å². The molecule has 0 fully saturated rings. The van der Waals surface area contributed by atoms with E-state index in [0.717, 1.165) is 32.9 Å². The van der Waals surface area contributed by atoms with Crippen LogP contribution in [0.1, 0.15) is 61.7 Å². The Morgan fingerprint density at radius 1 is 0.292 bits per heavy atom. The normalized spacial score (nSPS) is 12.8. The molecule has 0 spiro atoms. The summed E-state index contributed by atoms with van der Waals surface area (Å²) in [6.07, 6.45) is 0. The minimum absolute atomic E-state index is 0.0374. The second kappa shape index (κ2) is 27.7. The van der Waals surface area contributed by atoms with Crippen molar-refractivity contribution in [3.05, 3.63) is 403 Å². The van der Waals surface area contributed by atoms with E-state index in [1.165, 1.54) is 161 Å². The third kappa shape index (κ3) is 12.1. The molecular weight excluding hydrogens is 1350 g/mol. The van der Waals surface area contributed by atoms with Crippen LogP contribution in [-0.4, -0.2) is 0 Å². The van der Waals surface area contributed by atoms with Gasteiger partial charge in [0.15, 0.2) is 0 Å². The molecule has 0 saturated heterocycles. The molecule has 0 aliphatic heterocycles. The highest BCUT2D eigenvalue weighted by Crippen LogP contribution is 2.55. The second-order valence-corrected chi connectivity index (χ2v) is 29.8. The van der Waals surface area contributed by atoms with Crippen LogP contribution in [0.5, 0.6) is 0 Å². The highest BCUT2D eigenvalue weighted by molar-refractivity contribution is 9.10. The summed E-state index contributed by atoms with van der Waals surface area (Å²) in [5.74, 6) is 0. The molecule has 18 aromatic carbocycles. The average Bonchev–Trinajstić information content (AvgIpc) is 1.61. The van der Waals surface area contributed by atoms with Gasteiger partial charge >= 0.3 is 0 Å². The van der Waals surface area contributed by atoms with Gasteiger partial charge in [0.05, 0.1) is 5.69 Å². The molecular formula is C103H81BrN2. The van der Waals surface area contributed by atoms with Crippen LogP contribution in [0.25, 0.3) is 131 Å². The van der Waals surface area contributed by atoms with E-state index < -0.39 is 0 Å². The van der Waals surface area contributed by atoms with Gasteiger partial charge in [-0.15, -0.1) is 0 Å². The zero-order chi connectivity index (χ0) is 74.8. The molecule has 0 unspecified atom stereocenters. The summed E-state index contributed by atoms with van der Waals surface area (Å²) < 4.78 is 16.9. The molecule has 0 radical (unpaired) electrons. The van der Waals surface area contributed by atoms with Crippen molar-refractivity contribution in [1.29, 1.82) is 0 Å². The van der Waals surface area contributed by atoms with Crippen molar-refractivity contribution >= 4 is 109 Å². The van der Waals surface area contributed by atoms with Gasteiger partial charge in [0.2, 0.25) is 0 Å². The molecule has 1 N–H and O–H groups in total. The van der Waals surface area contributed by atoms with Crippen LogP contribution < -0.4 is 10.2 Å². The van der Waals surface area contributed by atoms with Gasteiger partial charge in [-0.3, -0.25) is 0 Å². The first-order valence-electron chi connectivity index (χ1n) is 38.4. The predicted octanol–water partition coefficient (Wildman–Crippen LogP) is 30.1. The first kappa shape index (κ1) is 64.4. The first-order chi connectivity index (χ1) is 53.5. The smallest absolute Gasteiger partial charge is 0.0546 e. The number of hydrogen-bond donors (Lipinski definition) is 1. The molecule has 2 aliphatic carbocycles. The van der Waals surface area contributed by atoms with Crippen LogP contribution in [0.2, 0.25) is 0 Å². The highest BCUT2D eigenvalue weighted by atomic mass is 79.9. The van der Waals surface area contributed by atoms with Crippen LogP contribution in [0.15, 0.2) is 381 Å². The number of anilines is 5. The van der Waals surface area contributed by atoms with Crippen molar-refractivity contribution in [2.75, 3.05) is 10.2 Å². The van der Waals surface area contributed by atoms with Gasteiger partial charge in [-0.2, -0.15) is 0 Å². The lowest BCUT2D eigenvalue weighted by Gasteiger charge is -2.30. The summed E-state index contributed by atoms with van der Waals surface area (Å²) in [6, 6.07) is 137. The van der Waals surface area contributed by atoms with Crippen LogP contribution in [0.3, 0.4) is 0 Å². The fraction of sp³-hybridized carbons (Fsp3) is 0.0680. The van der Waals surface area contributed by atoms with Gasteiger partial charge in [0.1, 0.15) is 0 Å². The molecule has 20 rings (SSSR count). The highest BCUT2D eigenvalue weighted by Gasteiger charge is 2.38. The monoisotopic (exact) mass is 1430 g/mol. The minimum atomic E-state index is -0.105. The van der Waals surface area contributed by atoms with Gasteiger partial charge in [0, 0.05) is 53.5 Å². The van der Waals surface area contributed by atoms with Gasteiger partial charge in [-0.25, -0.2) is 0 Å². The lowest BCUT2D eigenvalue weighted by Crippen LogP contribution is -2.15. The number of rotatable bonds is 9. The number of halogens is 1. The van der Waals surface area contributed by atoms with Crippen molar-refractivity contribution in [2.45, 2.75) is 45.9 Å². The van der Waals surface area contributed by atoms with E-state index in [4.69, 9.17) is 4.34 Å². The second-order valence-electron chi connectivity index (χ2n) is 28.9. The molecule has 0 atom stereocenters. The van der Waals surface area contributed by atoms with E-state index >= 15 is 0 Å².